The van der Waals surface area contributed by atoms with Gasteiger partial charge in [0.2, 0.25) is 0 Å². The van der Waals surface area contributed by atoms with E-state index in [1.54, 1.807) is 6.20 Å². The zero-order valence-corrected chi connectivity index (χ0v) is 14.4. The molecule has 1 aliphatic carbocycles. The number of hydrogen-bond donors (Lipinski definition) is 0. The van der Waals surface area contributed by atoms with E-state index in [-0.39, 0.29) is 5.91 Å². The number of hydrogen-bond acceptors (Lipinski definition) is 4. The third-order valence-corrected chi connectivity index (χ3v) is 5.26. The average Bonchev–Trinajstić information content (AvgIpc) is 2.62. The van der Waals surface area contributed by atoms with E-state index in [0.29, 0.717) is 6.04 Å². The largest absolute Gasteiger partial charge is 0.354 e. The lowest BCUT2D eigenvalue weighted by Crippen LogP contribution is -2.45. The molecule has 1 amide bonds. The van der Waals surface area contributed by atoms with E-state index in [4.69, 9.17) is 0 Å². The fourth-order valence-corrected chi connectivity index (χ4v) is 3.60. The molecule has 1 saturated heterocycles. The molecule has 1 aliphatic heterocycles. The van der Waals surface area contributed by atoms with Crippen LogP contribution in [0.2, 0.25) is 0 Å². The Hall–Kier alpha value is -1.62. The molecule has 0 bridgehead atoms. The second kappa shape index (κ2) is 7.30. The van der Waals surface area contributed by atoms with Crippen molar-refractivity contribution in [1.29, 1.82) is 0 Å². The smallest absolute Gasteiger partial charge is 0.254 e. The van der Waals surface area contributed by atoms with Gasteiger partial charge in [-0.3, -0.25) is 4.79 Å². The van der Waals surface area contributed by atoms with E-state index < -0.39 is 0 Å². The molecule has 0 aromatic carbocycles. The monoisotopic (exact) mass is 316 g/mol. The molecule has 23 heavy (non-hydrogen) atoms. The SMILES string of the molecule is CN1CCN(c2cc(C(=O)N(C)C3CCCCC3)ccn2)CC1. The van der Waals surface area contributed by atoms with E-state index >= 15 is 0 Å². The quantitative estimate of drug-likeness (QED) is 0.857. The van der Waals surface area contributed by atoms with Crippen molar-refractivity contribution in [2.45, 2.75) is 38.1 Å². The third kappa shape index (κ3) is 3.83. The number of carbonyl (C=O) groups is 1. The second-order valence-corrected chi connectivity index (χ2v) is 6.90. The first-order valence-corrected chi connectivity index (χ1v) is 8.82. The van der Waals surface area contributed by atoms with Crippen LogP contribution in [0.1, 0.15) is 42.5 Å². The molecule has 5 nitrogen and oxygen atoms in total. The van der Waals surface area contributed by atoms with Crippen molar-refractivity contribution in [1.82, 2.24) is 14.8 Å². The highest BCUT2D eigenvalue weighted by atomic mass is 16.2. The standard InChI is InChI=1S/C18H28N4O/c1-20-10-12-22(13-11-20)17-14-15(8-9-19-17)18(23)21(2)16-6-4-3-5-7-16/h8-9,14,16H,3-7,10-13H2,1-2H3. The first-order chi connectivity index (χ1) is 11.1. The lowest BCUT2D eigenvalue weighted by molar-refractivity contribution is 0.0696. The molecule has 1 saturated carbocycles. The number of aromatic nitrogens is 1. The van der Waals surface area contributed by atoms with Crippen molar-refractivity contribution in [3.63, 3.8) is 0 Å². The van der Waals surface area contributed by atoms with Gasteiger partial charge >= 0.3 is 0 Å². The molecule has 5 heteroatoms. The lowest BCUT2D eigenvalue weighted by atomic mass is 9.94. The fourth-order valence-electron chi connectivity index (χ4n) is 3.60. The first kappa shape index (κ1) is 16.2. The predicted molar refractivity (Wildman–Crippen MR) is 92.9 cm³/mol. The summed E-state index contributed by atoms with van der Waals surface area (Å²) in [7, 11) is 4.10. The Morgan fingerprint density at radius 3 is 2.57 bits per heavy atom. The van der Waals surface area contributed by atoms with E-state index in [9.17, 15) is 4.79 Å². The van der Waals surface area contributed by atoms with Crippen LogP contribution in [0.15, 0.2) is 18.3 Å². The summed E-state index contributed by atoms with van der Waals surface area (Å²) in [5.41, 5.74) is 0.766. The van der Waals surface area contributed by atoms with Crippen LogP contribution in [0.5, 0.6) is 0 Å². The molecule has 2 fully saturated rings. The molecular formula is C18H28N4O. The Morgan fingerprint density at radius 2 is 1.87 bits per heavy atom. The summed E-state index contributed by atoms with van der Waals surface area (Å²) in [5, 5.41) is 0. The lowest BCUT2D eigenvalue weighted by Gasteiger charge is -2.34. The number of carbonyl (C=O) groups excluding carboxylic acids is 1. The van der Waals surface area contributed by atoms with Crippen molar-refractivity contribution < 1.29 is 4.79 Å². The van der Waals surface area contributed by atoms with E-state index in [0.717, 1.165) is 50.4 Å². The minimum atomic E-state index is 0.134. The molecule has 1 aromatic heterocycles. The molecule has 0 atom stereocenters. The van der Waals surface area contributed by atoms with Crippen molar-refractivity contribution in [3.05, 3.63) is 23.9 Å². The number of nitrogens with zero attached hydrogens (tertiary/aromatic N) is 4. The van der Waals surface area contributed by atoms with E-state index in [1.807, 2.05) is 24.1 Å². The van der Waals surface area contributed by atoms with Gasteiger partial charge in [0.1, 0.15) is 5.82 Å². The summed E-state index contributed by atoms with van der Waals surface area (Å²) in [6.45, 7) is 4.03. The molecule has 0 unspecified atom stereocenters. The van der Waals surface area contributed by atoms with Gasteiger partial charge in [0.15, 0.2) is 0 Å². The van der Waals surface area contributed by atoms with Gasteiger partial charge in [0.05, 0.1) is 0 Å². The third-order valence-electron chi connectivity index (χ3n) is 5.26. The van der Waals surface area contributed by atoms with Crippen LogP contribution in [0.25, 0.3) is 0 Å². The summed E-state index contributed by atoms with van der Waals surface area (Å²) in [6, 6.07) is 4.21. The molecule has 2 heterocycles. The van der Waals surface area contributed by atoms with Crippen LogP contribution in [-0.4, -0.2) is 67.0 Å². The highest BCUT2D eigenvalue weighted by molar-refractivity contribution is 5.94. The molecule has 2 aliphatic rings. The van der Waals surface area contributed by atoms with Crippen LogP contribution < -0.4 is 4.90 Å². The topological polar surface area (TPSA) is 39.7 Å². The van der Waals surface area contributed by atoms with Gasteiger partial charge in [-0.25, -0.2) is 4.98 Å². The molecule has 126 valence electrons. The molecule has 3 rings (SSSR count). The van der Waals surface area contributed by atoms with Gasteiger partial charge in [-0.05, 0) is 32.0 Å². The van der Waals surface area contributed by atoms with Crippen molar-refractivity contribution in [3.8, 4) is 0 Å². The van der Waals surface area contributed by atoms with E-state index in [1.165, 1.54) is 19.3 Å². The Balaban J connectivity index is 1.69. The number of pyridine rings is 1. The number of anilines is 1. The fraction of sp³-hybridized carbons (Fsp3) is 0.667. The summed E-state index contributed by atoms with van der Waals surface area (Å²) in [5.74, 6) is 1.07. The van der Waals surface area contributed by atoms with Gasteiger partial charge in [0, 0.05) is 51.0 Å². The van der Waals surface area contributed by atoms with Gasteiger partial charge < -0.3 is 14.7 Å². The minimum absolute atomic E-state index is 0.134. The Morgan fingerprint density at radius 1 is 1.17 bits per heavy atom. The van der Waals surface area contributed by atoms with Crippen LogP contribution in [0.4, 0.5) is 5.82 Å². The maximum Gasteiger partial charge on any atom is 0.254 e. The van der Waals surface area contributed by atoms with Crippen LogP contribution >= 0.6 is 0 Å². The highest BCUT2D eigenvalue weighted by Crippen LogP contribution is 2.23. The van der Waals surface area contributed by atoms with Crippen molar-refractivity contribution >= 4 is 11.7 Å². The van der Waals surface area contributed by atoms with Crippen LogP contribution in [0, 0.1) is 0 Å². The maximum atomic E-state index is 12.8. The molecular weight excluding hydrogens is 288 g/mol. The van der Waals surface area contributed by atoms with Gasteiger partial charge in [-0.2, -0.15) is 0 Å². The normalized spacial score (nSPS) is 20.5. The predicted octanol–water partition coefficient (Wildman–Crippen LogP) is 2.24. The number of likely N-dealkylation sites (N-methyl/N-ethyl adjacent to an activating group) is 1. The Kier molecular flexibility index (Phi) is 5.16. The summed E-state index contributed by atoms with van der Waals surface area (Å²) in [4.78, 5) is 23.8. The van der Waals surface area contributed by atoms with Gasteiger partial charge in [-0.1, -0.05) is 19.3 Å². The first-order valence-electron chi connectivity index (χ1n) is 8.82. The van der Waals surface area contributed by atoms with Crippen molar-refractivity contribution in [2.75, 3.05) is 45.2 Å². The Labute approximate surface area is 139 Å². The highest BCUT2D eigenvalue weighted by Gasteiger charge is 2.24. The molecule has 0 N–H and O–H groups in total. The molecule has 0 spiro atoms. The zero-order valence-electron chi connectivity index (χ0n) is 14.4. The molecule has 0 radical (unpaired) electrons. The van der Waals surface area contributed by atoms with Crippen molar-refractivity contribution in [2.24, 2.45) is 0 Å². The minimum Gasteiger partial charge on any atom is -0.354 e. The number of piperazine rings is 1. The molecule has 1 aromatic rings. The summed E-state index contributed by atoms with van der Waals surface area (Å²) in [6.07, 6.45) is 7.84. The number of amides is 1. The maximum absolute atomic E-state index is 12.8. The van der Waals surface area contributed by atoms with Crippen LogP contribution in [0.3, 0.4) is 0 Å². The Bertz CT molecular complexity index is 534. The number of rotatable bonds is 3. The van der Waals surface area contributed by atoms with E-state index in [2.05, 4.69) is 21.8 Å². The second-order valence-electron chi connectivity index (χ2n) is 6.90. The summed E-state index contributed by atoms with van der Waals surface area (Å²) >= 11 is 0. The van der Waals surface area contributed by atoms with Gasteiger partial charge in [-0.15, -0.1) is 0 Å². The zero-order chi connectivity index (χ0) is 16.2. The average molecular weight is 316 g/mol. The van der Waals surface area contributed by atoms with Gasteiger partial charge in [0.25, 0.3) is 5.91 Å². The summed E-state index contributed by atoms with van der Waals surface area (Å²) < 4.78 is 0. The van der Waals surface area contributed by atoms with Crippen LogP contribution in [-0.2, 0) is 0 Å².